The lowest BCUT2D eigenvalue weighted by molar-refractivity contribution is -0.0439. The summed E-state index contributed by atoms with van der Waals surface area (Å²) in [5, 5.41) is 4.75. The third-order valence-corrected chi connectivity index (χ3v) is 4.32. The van der Waals surface area contributed by atoms with Gasteiger partial charge in [0.25, 0.3) is 5.56 Å². The lowest BCUT2D eigenvalue weighted by Crippen LogP contribution is -2.60. The number of H-pyrrole nitrogens is 1. The molecule has 124 valence electrons. The van der Waals surface area contributed by atoms with Crippen LogP contribution in [0, 0.1) is 0 Å². The number of aromatic amines is 1. The van der Waals surface area contributed by atoms with Gasteiger partial charge < -0.3 is 9.72 Å². The van der Waals surface area contributed by atoms with Gasteiger partial charge in [-0.2, -0.15) is 5.10 Å². The van der Waals surface area contributed by atoms with E-state index in [0.29, 0.717) is 29.3 Å². The molecule has 3 rings (SSSR count). The second-order valence-corrected chi connectivity index (χ2v) is 7.32. The van der Waals surface area contributed by atoms with Crippen LogP contribution < -0.4 is 5.56 Å². The molecule has 0 saturated carbocycles. The summed E-state index contributed by atoms with van der Waals surface area (Å²) in [5.74, 6) is 0.416. The number of halogens is 1. The molecule has 23 heavy (non-hydrogen) atoms. The standard InChI is InChI=1S/C15H19ClN4O3/c1-14(2,3)23-13(22)19-8-6-15(19,4)12-17-11(21)10-9(16)5-7-20(10)18-12/h5,7H,6,8H2,1-4H3,(H,17,18,21)/t15-/m0/s1. The van der Waals surface area contributed by atoms with E-state index in [1.807, 2.05) is 27.7 Å². The van der Waals surface area contributed by atoms with Crippen LogP contribution in [0.5, 0.6) is 0 Å². The quantitative estimate of drug-likeness (QED) is 0.866. The highest BCUT2D eigenvalue weighted by Crippen LogP contribution is 2.39. The molecule has 1 N–H and O–H groups in total. The maximum absolute atomic E-state index is 12.3. The van der Waals surface area contributed by atoms with Gasteiger partial charge in [-0.3, -0.25) is 9.69 Å². The third kappa shape index (κ3) is 2.59. The van der Waals surface area contributed by atoms with Crippen molar-refractivity contribution in [1.29, 1.82) is 0 Å². The molecule has 1 amide bonds. The van der Waals surface area contributed by atoms with Crippen molar-refractivity contribution in [2.45, 2.75) is 45.3 Å². The number of rotatable bonds is 1. The molecule has 0 aromatic carbocycles. The van der Waals surface area contributed by atoms with Gasteiger partial charge in [-0.25, -0.2) is 9.31 Å². The van der Waals surface area contributed by atoms with Gasteiger partial charge >= 0.3 is 6.09 Å². The zero-order chi connectivity index (χ0) is 17.0. The molecule has 2 aromatic rings. The lowest BCUT2D eigenvalue weighted by Gasteiger charge is -2.49. The first-order valence-corrected chi connectivity index (χ1v) is 7.78. The van der Waals surface area contributed by atoms with Crippen LogP contribution in [0.4, 0.5) is 4.79 Å². The largest absolute Gasteiger partial charge is 0.444 e. The summed E-state index contributed by atoms with van der Waals surface area (Å²) in [6, 6.07) is 1.61. The molecule has 1 aliphatic rings. The number of likely N-dealkylation sites (tertiary alicyclic amines) is 1. The van der Waals surface area contributed by atoms with Crippen molar-refractivity contribution < 1.29 is 9.53 Å². The van der Waals surface area contributed by atoms with E-state index >= 15 is 0 Å². The Morgan fingerprint density at radius 3 is 2.74 bits per heavy atom. The zero-order valence-electron chi connectivity index (χ0n) is 13.5. The number of aromatic nitrogens is 3. The Hall–Kier alpha value is -2.02. The van der Waals surface area contributed by atoms with E-state index in [2.05, 4.69) is 10.1 Å². The van der Waals surface area contributed by atoms with E-state index in [-0.39, 0.29) is 5.56 Å². The number of carbonyl (C=O) groups is 1. The molecular formula is C15H19ClN4O3. The molecule has 1 saturated heterocycles. The highest BCUT2D eigenvalue weighted by Gasteiger charge is 2.49. The van der Waals surface area contributed by atoms with Gasteiger partial charge in [0.05, 0.1) is 5.02 Å². The van der Waals surface area contributed by atoms with Crippen LogP contribution in [0.1, 0.15) is 39.9 Å². The first kappa shape index (κ1) is 15.9. The average Bonchev–Trinajstić information content (AvgIpc) is 2.76. The first-order valence-electron chi connectivity index (χ1n) is 7.40. The van der Waals surface area contributed by atoms with Crippen LogP contribution in [0.3, 0.4) is 0 Å². The van der Waals surface area contributed by atoms with Crippen molar-refractivity contribution >= 4 is 23.2 Å². The maximum Gasteiger partial charge on any atom is 0.411 e. The van der Waals surface area contributed by atoms with Crippen LogP contribution in [-0.2, 0) is 10.3 Å². The number of carbonyl (C=O) groups excluding carboxylic acids is 1. The fraction of sp³-hybridized carbons (Fsp3) is 0.533. The molecule has 2 aromatic heterocycles. The van der Waals surface area contributed by atoms with E-state index in [0.717, 1.165) is 0 Å². The minimum absolute atomic E-state index is 0.294. The summed E-state index contributed by atoms with van der Waals surface area (Å²) in [5.41, 5.74) is -1.32. The molecule has 1 aliphatic heterocycles. The predicted octanol–water partition coefficient (Wildman–Crippen LogP) is 2.53. The van der Waals surface area contributed by atoms with Crippen LogP contribution >= 0.6 is 11.6 Å². The van der Waals surface area contributed by atoms with Crippen molar-refractivity contribution in [2.24, 2.45) is 0 Å². The monoisotopic (exact) mass is 338 g/mol. The lowest BCUT2D eigenvalue weighted by atomic mass is 9.86. The number of hydrogen-bond acceptors (Lipinski definition) is 4. The van der Waals surface area contributed by atoms with Gasteiger partial charge in [-0.05, 0) is 40.2 Å². The molecule has 1 atom stereocenters. The van der Waals surface area contributed by atoms with Gasteiger partial charge in [0.2, 0.25) is 0 Å². The minimum Gasteiger partial charge on any atom is -0.444 e. The Balaban J connectivity index is 1.97. The smallest absolute Gasteiger partial charge is 0.411 e. The van der Waals surface area contributed by atoms with Gasteiger partial charge in [-0.1, -0.05) is 11.6 Å². The van der Waals surface area contributed by atoms with Crippen molar-refractivity contribution in [3.05, 3.63) is 33.5 Å². The Bertz CT molecular complexity index is 835. The fourth-order valence-electron chi connectivity index (χ4n) is 2.65. The van der Waals surface area contributed by atoms with E-state index in [1.165, 1.54) is 4.52 Å². The van der Waals surface area contributed by atoms with E-state index < -0.39 is 17.2 Å². The second-order valence-electron chi connectivity index (χ2n) is 6.92. The summed E-state index contributed by atoms with van der Waals surface area (Å²) in [4.78, 5) is 28.9. The number of fused-ring (bicyclic) bond motifs is 1. The van der Waals surface area contributed by atoms with Crippen molar-refractivity contribution in [1.82, 2.24) is 19.5 Å². The normalized spacial score (nSPS) is 21.3. The van der Waals surface area contributed by atoms with E-state index in [4.69, 9.17) is 16.3 Å². The highest BCUT2D eigenvalue weighted by molar-refractivity contribution is 6.33. The first-order chi connectivity index (χ1) is 10.6. The molecule has 0 aliphatic carbocycles. The van der Waals surface area contributed by atoms with Crippen molar-refractivity contribution in [2.75, 3.05) is 6.54 Å². The number of nitrogens with one attached hydrogen (secondary N) is 1. The maximum atomic E-state index is 12.3. The van der Waals surface area contributed by atoms with E-state index in [1.54, 1.807) is 17.2 Å². The topological polar surface area (TPSA) is 79.7 Å². The molecule has 0 radical (unpaired) electrons. The molecule has 1 fully saturated rings. The van der Waals surface area contributed by atoms with Crippen molar-refractivity contribution in [3.63, 3.8) is 0 Å². The minimum atomic E-state index is -0.702. The van der Waals surface area contributed by atoms with Gasteiger partial charge in [-0.15, -0.1) is 0 Å². The van der Waals surface area contributed by atoms with Gasteiger partial charge in [0.1, 0.15) is 16.7 Å². The number of hydrogen-bond donors (Lipinski definition) is 1. The number of nitrogens with zero attached hydrogens (tertiary/aromatic N) is 3. The molecule has 0 spiro atoms. The Labute approximate surface area is 138 Å². The Morgan fingerprint density at radius 1 is 1.48 bits per heavy atom. The van der Waals surface area contributed by atoms with Gasteiger partial charge in [0, 0.05) is 12.7 Å². The van der Waals surface area contributed by atoms with Crippen LogP contribution in [-0.4, -0.2) is 37.7 Å². The molecule has 0 unspecified atom stereocenters. The second kappa shape index (κ2) is 4.99. The fourth-order valence-corrected chi connectivity index (χ4v) is 2.88. The van der Waals surface area contributed by atoms with Crippen LogP contribution in [0.2, 0.25) is 5.02 Å². The van der Waals surface area contributed by atoms with Crippen LogP contribution in [0.15, 0.2) is 17.1 Å². The van der Waals surface area contributed by atoms with Crippen molar-refractivity contribution in [3.8, 4) is 0 Å². The van der Waals surface area contributed by atoms with Gasteiger partial charge in [0.15, 0.2) is 5.82 Å². The predicted molar refractivity (Wildman–Crippen MR) is 85.7 cm³/mol. The number of amides is 1. The Morgan fingerprint density at radius 2 is 2.17 bits per heavy atom. The number of ether oxygens (including phenoxy) is 1. The molecule has 8 heteroatoms. The summed E-state index contributed by atoms with van der Waals surface area (Å²) in [6.07, 6.45) is 1.89. The molecule has 3 heterocycles. The summed E-state index contributed by atoms with van der Waals surface area (Å²) < 4.78 is 6.86. The average molecular weight is 339 g/mol. The SMILES string of the molecule is CC(C)(C)OC(=O)N1CC[C@@]1(C)c1nn2ccc(Cl)c2c(=O)[nH]1. The Kier molecular flexibility index (Phi) is 3.44. The molecular weight excluding hydrogens is 320 g/mol. The highest BCUT2D eigenvalue weighted by atomic mass is 35.5. The summed E-state index contributed by atoms with van der Waals surface area (Å²) in [6.45, 7) is 7.86. The zero-order valence-corrected chi connectivity index (χ0v) is 14.3. The van der Waals surface area contributed by atoms with E-state index in [9.17, 15) is 9.59 Å². The third-order valence-electron chi connectivity index (χ3n) is 4.01. The summed E-state index contributed by atoms with van der Waals surface area (Å²) in [7, 11) is 0. The molecule has 7 nitrogen and oxygen atoms in total. The van der Waals surface area contributed by atoms with Crippen LogP contribution in [0.25, 0.3) is 5.52 Å². The summed E-state index contributed by atoms with van der Waals surface area (Å²) >= 11 is 5.98. The molecule has 0 bridgehead atoms.